The molecular weight excluding hydrogens is 310 g/mol. The lowest BCUT2D eigenvalue weighted by molar-refractivity contribution is 0.476. The molecule has 3 heterocycles. The molecule has 0 amide bonds. The second-order valence-corrected chi connectivity index (χ2v) is 7.57. The third-order valence-electron chi connectivity index (χ3n) is 4.69. The third kappa shape index (κ3) is 4.06. The summed E-state index contributed by atoms with van der Waals surface area (Å²) in [5.41, 5.74) is 4.13. The number of pyridine rings is 1. The minimum absolute atomic E-state index is 0.00702. The van der Waals surface area contributed by atoms with E-state index in [-0.39, 0.29) is 5.54 Å². The van der Waals surface area contributed by atoms with Crippen molar-refractivity contribution in [2.24, 2.45) is 0 Å². The number of nitrogens with zero attached hydrogens (tertiary/aromatic N) is 2. The number of rotatable bonds is 8. The van der Waals surface area contributed by atoms with Gasteiger partial charge in [0.05, 0.1) is 12.5 Å². The highest BCUT2D eigenvalue weighted by Gasteiger charge is 2.23. The molecule has 0 bridgehead atoms. The number of anilines is 1. The molecule has 0 fully saturated rings. The van der Waals surface area contributed by atoms with Gasteiger partial charge in [-0.05, 0) is 51.0 Å². The molecule has 3 rings (SSSR count). The normalized spacial score (nSPS) is 12.0. The molecule has 1 N–H and O–H groups in total. The van der Waals surface area contributed by atoms with Gasteiger partial charge < -0.3 is 9.73 Å². The van der Waals surface area contributed by atoms with Gasteiger partial charge in [0, 0.05) is 17.3 Å². The van der Waals surface area contributed by atoms with E-state index >= 15 is 0 Å². The van der Waals surface area contributed by atoms with Gasteiger partial charge in [0.15, 0.2) is 0 Å². The van der Waals surface area contributed by atoms with E-state index in [1.54, 1.807) is 12.5 Å². The van der Waals surface area contributed by atoms with Crippen LogP contribution in [0, 0.1) is 6.92 Å². The van der Waals surface area contributed by atoms with Gasteiger partial charge in [-0.15, -0.1) is 0 Å². The first-order valence-electron chi connectivity index (χ1n) is 9.29. The maximum Gasteiger partial charge on any atom is 0.139 e. The van der Waals surface area contributed by atoms with Crippen LogP contribution in [0.1, 0.15) is 58.4 Å². The molecule has 3 aromatic rings. The van der Waals surface area contributed by atoms with Crippen molar-refractivity contribution in [1.82, 2.24) is 9.38 Å². The number of fused-ring (bicyclic) bond motifs is 1. The SMILES string of the molecule is CCCCCCC(C)(C)Nc1c(-c2ccoc2)nc2cc(C)ccn12. The molecule has 0 radical (unpaired) electrons. The molecule has 0 spiro atoms. The molecule has 0 atom stereocenters. The van der Waals surface area contributed by atoms with E-state index in [9.17, 15) is 0 Å². The van der Waals surface area contributed by atoms with E-state index in [4.69, 9.17) is 9.40 Å². The van der Waals surface area contributed by atoms with Crippen molar-refractivity contribution < 1.29 is 4.42 Å². The number of unbranched alkanes of at least 4 members (excludes halogenated alkanes) is 3. The minimum Gasteiger partial charge on any atom is -0.472 e. The predicted octanol–water partition coefficient (Wildman–Crippen LogP) is 6.06. The molecule has 0 aromatic carbocycles. The number of hydrogen-bond donors (Lipinski definition) is 1. The zero-order valence-corrected chi connectivity index (χ0v) is 15.8. The number of aromatic nitrogens is 2. The third-order valence-corrected chi connectivity index (χ3v) is 4.69. The van der Waals surface area contributed by atoms with E-state index in [1.807, 2.05) is 6.07 Å². The Morgan fingerprint density at radius 1 is 1.20 bits per heavy atom. The molecule has 0 aliphatic heterocycles. The van der Waals surface area contributed by atoms with Gasteiger partial charge >= 0.3 is 0 Å². The largest absolute Gasteiger partial charge is 0.472 e. The molecule has 0 aliphatic carbocycles. The van der Waals surface area contributed by atoms with E-state index < -0.39 is 0 Å². The van der Waals surface area contributed by atoms with Crippen molar-refractivity contribution in [3.63, 3.8) is 0 Å². The van der Waals surface area contributed by atoms with Crippen LogP contribution in [0.3, 0.4) is 0 Å². The highest BCUT2D eigenvalue weighted by molar-refractivity contribution is 5.76. The summed E-state index contributed by atoms with van der Waals surface area (Å²) in [4.78, 5) is 4.85. The quantitative estimate of drug-likeness (QED) is 0.507. The summed E-state index contributed by atoms with van der Waals surface area (Å²) in [5, 5.41) is 3.75. The first kappa shape index (κ1) is 17.6. The van der Waals surface area contributed by atoms with Crippen LogP contribution in [0.2, 0.25) is 0 Å². The average Bonchev–Trinajstić information content (AvgIpc) is 3.19. The first-order valence-corrected chi connectivity index (χ1v) is 9.29. The summed E-state index contributed by atoms with van der Waals surface area (Å²) >= 11 is 0. The Bertz CT molecular complexity index is 815. The average molecular weight is 339 g/mol. The van der Waals surface area contributed by atoms with Crippen molar-refractivity contribution in [2.75, 3.05) is 5.32 Å². The van der Waals surface area contributed by atoms with Crippen molar-refractivity contribution in [3.05, 3.63) is 42.5 Å². The van der Waals surface area contributed by atoms with Crippen molar-refractivity contribution in [2.45, 2.75) is 65.3 Å². The second-order valence-electron chi connectivity index (χ2n) is 7.57. The summed E-state index contributed by atoms with van der Waals surface area (Å²) in [5.74, 6) is 1.04. The number of nitrogens with one attached hydrogen (secondary N) is 1. The molecule has 0 saturated heterocycles. The summed E-state index contributed by atoms with van der Waals surface area (Å²) in [7, 11) is 0. The van der Waals surface area contributed by atoms with E-state index in [0.717, 1.165) is 29.1 Å². The standard InChI is InChI=1S/C21H29N3O/c1-5-6-7-8-11-21(3,4)23-20-19(17-10-13-25-15-17)22-18-14-16(2)9-12-24(18)20/h9-10,12-15,23H,5-8,11H2,1-4H3. The van der Waals surface area contributed by atoms with Crippen LogP contribution in [0.4, 0.5) is 5.82 Å². The van der Waals surface area contributed by atoms with Gasteiger partial charge in [-0.3, -0.25) is 4.40 Å². The van der Waals surface area contributed by atoms with Crippen LogP contribution >= 0.6 is 0 Å². The topological polar surface area (TPSA) is 42.5 Å². The van der Waals surface area contributed by atoms with Gasteiger partial charge in [-0.25, -0.2) is 4.98 Å². The summed E-state index contributed by atoms with van der Waals surface area (Å²) in [6, 6.07) is 6.20. The van der Waals surface area contributed by atoms with Crippen LogP contribution in [0.15, 0.2) is 41.3 Å². The maximum atomic E-state index is 5.29. The van der Waals surface area contributed by atoms with Gasteiger partial charge in [-0.1, -0.05) is 32.6 Å². The van der Waals surface area contributed by atoms with E-state index in [2.05, 4.69) is 55.7 Å². The van der Waals surface area contributed by atoms with Crippen LogP contribution in [0.5, 0.6) is 0 Å². The lowest BCUT2D eigenvalue weighted by Crippen LogP contribution is -2.31. The Balaban J connectivity index is 1.92. The highest BCUT2D eigenvalue weighted by atomic mass is 16.3. The first-order chi connectivity index (χ1) is 12.0. The molecule has 0 unspecified atom stereocenters. The molecule has 25 heavy (non-hydrogen) atoms. The Morgan fingerprint density at radius 3 is 2.76 bits per heavy atom. The molecule has 0 aliphatic rings. The molecule has 0 saturated carbocycles. The van der Waals surface area contributed by atoms with Gasteiger partial charge in [0.25, 0.3) is 0 Å². The lowest BCUT2D eigenvalue weighted by atomic mass is 9.96. The zero-order chi connectivity index (χ0) is 17.9. The van der Waals surface area contributed by atoms with Crippen molar-refractivity contribution >= 4 is 11.5 Å². The van der Waals surface area contributed by atoms with Crippen molar-refractivity contribution in [3.8, 4) is 11.3 Å². The summed E-state index contributed by atoms with van der Waals surface area (Å²) in [6.45, 7) is 8.88. The fourth-order valence-electron chi connectivity index (χ4n) is 3.24. The Morgan fingerprint density at radius 2 is 2.04 bits per heavy atom. The Labute approximate surface area is 150 Å². The Hall–Kier alpha value is -2.23. The molecular formula is C21H29N3O. The van der Waals surface area contributed by atoms with Gasteiger partial charge in [-0.2, -0.15) is 0 Å². The maximum absolute atomic E-state index is 5.29. The monoisotopic (exact) mass is 339 g/mol. The fourth-order valence-corrected chi connectivity index (χ4v) is 3.24. The molecule has 134 valence electrons. The van der Waals surface area contributed by atoms with Crippen LogP contribution in [-0.2, 0) is 0 Å². The number of hydrogen-bond acceptors (Lipinski definition) is 3. The fraction of sp³-hybridized carbons (Fsp3) is 0.476. The van der Waals surface area contributed by atoms with Crippen molar-refractivity contribution in [1.29, 1.82) is 0 Å². The lowest BCUT2D eigenvalue weighted by Gasteiger charge is -2.28. The minimum atomic E-state index is 0.00702. The molecule has 4 heteroatoms. The second kappa shape index (κ2) is 7.34. The molecule has 3 aromatic heterocycles. The van der Waals surface area contributed by atoms with Gasteiger partial charge in [0.2, 0.25) is 0 Å². The van der Waals surface area contributed by atoms with Crippen LogP contribution < -0.4 is 5.32 Å². The smallest absolute Gasteiger partial charge is 0.139 e. The number of aryl methyl sites for hydroxylation is 1. The number of imidazole rings is 1. The predicted molar refractivity (Wildman–Crippen MR) is 104 cm³/mol. The molecule has 4 nitrogen and oxygen atoms in total. The van der Waals surface area contributed by atoms with Crippen LogP contribution in [0.25, 0.3) is 16.9 Å². The summed E-state index contributed by atoms with van der Waals surface area (Å²) < 4.78 is 7.43. The van der Waals surface area contributed by atoms with Gasteiger partial charge in [0.1, 0.15) is 17.2 Å². The Kier molecular flexibility index (Phi) is 5.16. The zero-order valence-electron chi connectivity index (χ0n) is 15.8. The summed E-state index contributed by atoms with van der Waals surface area (Å²) in [6.07, 6.45) is 11.8. The highest BCUT2D eigenvalue weighted by Crippen LogP contribution is 2.32. The van der Waals surface area contributed by atoms with Crippen LogP contribution in [-0.4, -0.2) is 14.9 Å². The van der Waals surface area contributed by atoms with E-state index in [1.165, 1.54) is 31.2 Å². The van der Waals surface area contributed by atoms with E-state index in [0.29, 0.717) is 0 Å². The number of furan rings is 1.